The molecule has 1 aromatic heterocycles. The zero-order valence-electron chi connectivity index (χ0n) is 9.03. The van der Waals surface area contributed by atoms with Crippen molar-refractivity contribution in [3.63, 3.8) is 0 Å². The Morgan fingerprint density at radius 2 is 1.75 bits per heavy atom. The van der Waals surface area contributed by atoms with E-state index in [-0.39, 0.29) is 5.75 Å². The van der Waals surface area contributed by atoms with Crippen molar-refractivity contribution in [3.05, 3.63) is 41.7 Å². The second-order valence-electron chi connectivity index (χ2n) is 3.59. The van der Waals surface area contributed by atoms with Gasteiger partial charge in [-0.3, -0.25) is 0 Å². The highest BCUT2D eigenvalue weighted by atomic mass is 19.1. The first-order valence-electron chi connectivity index (χ1n) is 4.86. The molecule has 0 radical (unpaired) electrons. The molecule has 0 aliphatic carbocycles. The smallest absolute Gasteiger partial charge is 0.165 e. The summed E-state index contributed by atoms with van der Waals surface area (Å²) in [6.07, 6.45) is 1.48. The summed E-state index contributed by atoms with van der Waals surface area (Å²) in [5.41, 5.74) is 3.06. The lowest BCUT2D eigenvalue weighted by Gasteiger charge is -2.08. The van der Waals surface area contributed by atoms with Crippen LogP contribution in [0.25, 0.3) is 11.1 Å². The summed E-state index contributed by atoms with van der Waals surface area (Å²) in [6.45, 7) is 3.68. The molecule has 82 valence electrons. The molecule has 0 unspecified atom stereocenters. The van der Waals surface area contributed by atoms with E-state index in [4.69, 9.17) is 5.11 Å². The first kappa shape index (κ1) is 10.5. The van der Waals surface area contributed by atoms with Crippen molar-refractivity contribution in [1.29, 1.82) is 0 Å². The van der Waals surface area contributed by atoms with Gasteiger partial charge in [0.15, 0.2) is 11.6 Å². The summed E-state index contributed by atoms with van der Waals surface area (Å²) in [4.78, 5) is 8.14. The first-order chi connectivity index (χ1) is 7.59. The predicted octanol–water partition coefficient (Wildman–Crippen LogP) is 2.61. The monoisotopic (exact) mass is 218 g/mol. The third-order valence-electron chi connectivity index (χ3n) is 2.46. The SMILES string of the molecule is Cc1ncnc(C)c1-c1ccc(O)c(F)c1. The maximum Gasteiger partial charge on any atom is 0.165 e. The highest BCUT2D eigenvalue weighted by Gasteiger charge is 2.09. The van der Waals surface area contributed by atoms with Gasteiger partial charge in [-0.1, -0.05) is 6.07 Å². The van der Waals surface area contributed by atoms with Crippen LogP contribution in [0.3, 0.4) is 0 Å². The summed E-state index contributed by atoms with van der Waals surface area (Å²) in [6, 6.07) is 4.27. The van der Waals surface area contributed by atoms with Gasteiger partial charge in [0.1, 0.15) is 6.33 Å². The Morgan fingerprint density at radius 1 is 1.12 bits per heavy atom. The lowest BCUT2D eigenvalue weighted by Crippen LogP contribution is -1.95. The average Bonchev–Trinajstić information content (AvgIpc) is 2.23. The molecule has 0 fully saturated rings. The van der Waals surface area contributed by atoms with E-state index in [0.717, 1.165) is 17.0 Å². The molecule has 0 atom stereocenters. The molecular formula is C12H11FN2O. The van der Waals surface area contributed by atoms with Gasteiger partial charge < -0.3 is 5.11 Å². The Labute approximate surface area is 92.6 Å². The quantitative estimate of drug-likeness (QED) is 0.800. The molecule has 1 aromatic carbocycles. The predicted molar refractivity (Wildman–Crippen MR) is 58.6 cm³/mol. The second kappa shape index (κ2) is 3.89. The molecule has 16 heavy (non-hydrogen) atoms. The second-order valence-corrected chi connectivity index (χ2v) is 3.59. The van der Waals surface area contributed by atoms with Crippen molar-refractivity contribution >= 4 is 0 Å². The van der Waals surface area contributed by atoms with E-state index in [1.165, 1.54) is 18.5 Å². The lowest BCUT2D eigenvalue weighted by molar-refractivity contribution is 0.432. The fourth-order valence-electron chi connectivity index (χ4n) is 1.67. The summed E-state index contributed by atoms with van der Waals surface area (Å²) in [5, 5.41) is 9.12. The first-order valence-corrected chi connectivity index (χ1v) is 4.86. The third kappa shape index (κ3) is 1.74. The number of benzene rings is 1. The Hall–Kier alpha value is -1.97. The maximum absolute atomic E-state index is 13.2. The molecule has 4 heteroatoms. The molecule has 3 nitrogen and oxygen atoms in total. The van der Waals surface area contributed by atoms with E-state index >= 15 is 0 Å². The van der Waals surface area contributed by atoms with Gasteiger partial charge in [-0.25, -0.2) is 14.4 Å². The number of nitrogens with zero attached hydrogens (tertiary/aromatic N) is 2. The number of halogens is 1. The van der Waals surface area contributed by atoms with Gasteiger partial charge in [-0.15, -0.1) is 0 Å². The molecule has 1 heterocycles. The van der Waals surface area contributed by atoms with E-state index in [1.54, 1.807) is 6.07 Å². The topological polar surface area (TPSA) is 46.0 Å². The van der Waals surface area contributed by atoms with Crippen molar-refractivity contribution in [2.75, 3.05) is 0 Å². The average molecular weight is 218 g/mol. The number of hydrogen-bond acceptors (Lipinski definition) is 3. The Bertz CT molecular complexity index is 520. The van der Waals surface area contributed by atoms with Crippen LogP contribution in [0.1, 0.15) is 11.4 Å². The summed E-state index contributed by atoms with van der Waals surface area (Å²) in [5.74, 6) is -0.990. The number of hydrogen-bond donors (Lipinski definition) is 1. The Balaban J connectivity index is 2.63. The van der Waals surface area contributed by atoms with Gasteiger partial charge in [0.25, 0.3) is 0 Å². The van der Waals surface area contributed by atoms with Crippen LogP contribution in [0.5, 0.6) is 5.75 Å². The Morgan fingerprint density at radius 3 is 2.31 bits per heavy atom. The van der Waals surface area contributed by atoms with E-state index in [1.807, 2.05) is 13.8 Å². The zero-order chi connectivity index (χ0) is 11.7. The fraction of sp³-hybridized carbons (Fsp3) is 0.167. The van der Waals surface area contributed by atoms with Crippen molar-refractivity contribution in [3.8, 4) is 16.9 Å². The van der Waals surface area contributed by atoms with Crippen LogP contribution in [0.15, 0.2) is 24.5 Å². The summed E-state index contributed by atoms with van der Waals surface area (Å²) in [7, 11) is 0. The van der Waals surface area contributed by atoms with Crippen molar-refractivity contribution in [2.45, 2.75) is 13.8 Å². The van der Waals surface area contributed by atoms with Gasteiger partial charge >= 0.3 is 0 Å². The van der Waals surface area contributed by atoms with Crippen LogP contribution in [-0.4, -0.2) is 15.1 Å². The molecule has 0 aliphatic rings. The minimum atomic E-state index is -0.639. The van der Waals surface area contributed by atoms with E-state index in [2.05, 4.69) is 9.97 Å². The van der Waals surface area contributed by atoms with Gasteiger partial charge in [-0.2, -0.15) is 0 Å². The highest BCUT2D eigenvalue weighted by molar-refractivity contribution is 5.68. The molecule has 0 saturated carbocycles. The van der Waals surface area contributed by atoms with E-state index in [9.17, 15) is 4.39 Å². The largest absolute Gasteiger partial charge is 0.505 e. The van der Waals surface area contributed by atoms with E-state index in [0.29, 0.717) is 5.56 Å². The van der Waals surface area contributed by atoms with Crippen LogP contribution in [0, 0.1) is 19.7 Å². The molecule has 2 aromatic rings. The molecule has 0 spiro atoms. The van der Waals surface area contributed by atoms with E-state index < -0.39 is 5.82 Å². The lowest BCUT2D eigenvalue weighted by atomic mass is 10.0. The van der Waals surface area contributed by atoms with Gasteiger partial charge in [0, 0.05) is 17.0 Å². The van der Waals surface area contributed by atoms with Crippen LogP contribution in [0.2, 0.25) is 0 Å². The zero-order valence-corrected chi connectivity index (χ0v) is 9.03. The van der Waals surface area contributed by atoms with Crippen LogP contribution in [0.4, 0.5) is 4.39 Å². The Kier molecular flexibility index (Phi) is 2.56. The molecule has 0 amide bonds. The van der Waals surface area contributed by atoms with Gasteiger partial charge in [-0.05, 0) is 31.5 Å². The van der Waals surface area contributed by atoms with Crippen molar-refractivity contribution in [2.24, 2.45) is 0 Å². The molecule has 1 N–H and O–H groups in total. The van der Waals surface area contributed by atoms with Crippen LogP contribution in [-0.2, 0) is 0 Å². The van der Waals surface area contributed by atoms with Crippen molar-refractivity contribution < 1.29 is 9.50 Å². The molecular weight excluding hydrogens is 207 g/mol. The normalized spacial score (nSPS) is 10.4. The minimum absolute atomic E-state index is 0.351. The molecule has 2 rings (SSSR count). The summed E-state index contributed by atoms with van der Waals surface area (Å²) < 4.78 is 13.2. The third-order valence-corrected chi connectivity index (χ3v) is 2.46. The van der Waals surface area contributed by atoms with Gasteiger partial charge in [0.2, 0.25) is 0 Å². The van der Waals surface area contributed by atoms with Gasteiger partial charge in [0.05, 0.1) is 0 Å². The van der Waals surface area contributed by atoms with Crippen LogP contribution < -0.4 is 0 Å². The number of aromatic hydroxyl groups is 1. The number of phenols is 1. The molecule has 0 aliphatic heterocycles. The number of phenolic OH excluding ortho intramolecular Hbond substituents is 1. The standard InChI is InChI=1S/C12H11FN2O/c1-7-12(8(2)15-6-14-7)9-3-4-11(16)10(13)5-9/h3-6,16H,1-2H3. The minimum Gasteiger partial charge on any atom is -0.505 e. The maximum atomic E-state index is 13.2. The molecule has 0 bridgehead atoms. The highest BCUT2D eigenvalue weighted by Crippen LogP contribution is 2.27. The van der Waals surface area contributed by atoms with Crippen LogP contribution >= 0.6 is 0 Å². The van der Waals surface area contributed by atoms with Crippen molar-refractivity contribution in [1.82, 2.24) is 9.97 Å². The number of rotatable bonds is 1. The number of aryl methyl sites for hydroxylation is 2. The fourth-order valence-corrected chi connectivity index (χ4v) is 1.67. The summed E-state index contributed by atoms with van der Waals surface area (Å²) >= 11 is 0. The number of aromatic nitrogens is 2. The molecule has 0 saturated heterocycles.